The van der Waals surface area contributed by atoms with Gasteiger partial charge in [0.2, 0.25) is 0 Å². The minimum absolute atomic E-state index is 0.112. The number of benzene rings is 1. The van der Waals surface area contributed by atoms with Gasteiger partial charge in [0.1, 0.15) is 0 Å². The largest absolute Gasteiger partial charge is 0.474 e. The SMILES string of the molecule is [C-]#[N+]/C(=C\c1ccc(NC(=O)OCC(C)C)cc1)C(=O)OC. The molecule has 0 unspecified atom stereocenters. The molecule has 1 N–H and O–H groups in total. The maximum Gasteiger partial charge on any atom is 0.411 e. The number of carbonyl (C=O) groups excluding carboxylic acids is 2. The number of anilines is 1. The number of methoxy groups -OCH3 is 1. The summed E-state index contributed by atoms with van der Waals surface area (Å²) in [7, 11) is 1.22. The number of nitrogens with zero attached hydrogens (tertiary/aromatic N) is 1. The third kappa shape index (κ3) is 5.67. The predicted molar refractivity (Wildman–Crippen MR) is 82.8 cm³/mol. The number of nitrogens with one attached hydrogen (secondary N) is 1. The minimum Gasteiger partial charge on any atom is -0.474 e. The monoisotopic (exact) mass is 302 g/mol. The first-order valence-electron chi connectivity index (χ1n) is 6.67. The highest BCUT2D eigenvalue weighted by molar-refractivity contribution is 5.95. The molecule has 0 radical (unpaired) electrons. The van der Waals surface area contributed by atoms with E-state index in [4.69, 9.17) is 11.3 Å². The first-order valence-corrected chi connectivity index (χ1v) is 6.67. The van der Waals surface area contributed by atoms with Gasteiger partial charge in [0.15, 0.2) is 0 Å². The van der Waals surface area contributed by atoms with Gasteiger partial charge in [-0.1, -0.05) is 26.0 Å². The second-order valence-corrected chi connectivity index (χ2v) is 4.87. The molecular weight excluding hydrogens is 284 g/mol. The zero-order valence-corrected chi connectivity index (χ0v) is 12.8. The van der Waals surface area contributed by atoms with Gasteiger partial charge in [-0.15, -0.1) is 0 Å². The molecule has 116 valence electrons. The van der Waals surface area contributed by atoms with E-state index in [0.29, 0.717) is 17.9 Å². The average Bonchev–Trinajstić information content (AvgIpc) is 2.51. The summed E-state index contributed by atoms with van der Waals surface area (Å²) >= 11 is 0. The molecule has 0 aliphatic rings. The van der Waals surface area contributed by atoms with E-state index in [2.05, 4.69) is 14.9 Å². The molecule has 0 spiro atoms. The third-order valence-corrected chi connectivity index (χ3v) is 2.52. The summed E-state index contributed by atoms with van der Waals surface area (Å²) in [5.74, 6) is -0.418. The summed E-state index contributed by atoms with van der Waals surface area (Å²) in [5, 5.41) is 2.59. The topological polar surface area (TPSA) is 69.0 Å². The van der Waals surface area contributed by atoms with Gasteiger partial charge in [-0.2, -0.15) is 0 Å². The lowest BCUT2D eigenvalue weighted by Crippen LogP contribution is -2.16. The smallest absolute Gasteiger partial charge is 0.411 e. The summed E-state index contributed by atoms with van der Waals surface area (Å²) < 4.78 is 9.51. The van der Waals surface area contributed by atoms with Crippen molar-refractivity contribution in [2.75, 3.05) is 19.0 Å². The van der Waals surface area contributed by atoms with Crippen LogP contribution < -0.4 is 5.32 Å². The molecular formula is C16H18N2O4. The molecule has 6 heteroatoms. The van der Waals surface area contributed by atoms with Crippen molar-refractivity contribution >= 4 is 23.8 Å². The highest BCUT2D eigenvalue weighted by atomic mass is 16.5. The first-order chi connectivity index (χ1) is 10.5. The van der Waals surface area contributed by atoms with E-state index in [0.717, 1.165) is 0 Å². The van der Waals surface area contributed by atoms with Gasteiger partial charge in [0.05, 0.1) is 20.3 Å². The molecule has 0 aliphatic carbocycles. The van der Waals surface area contributed by atoms with Gasteiger partial charge in [-0.25, -0.2) is 9.64 Å². The van der Waals surface area contributed by atoms with Crippen molar-refractivity contribution in [1.82, 2.24) is 0 Å². The Morgan fingerprint density at radius 2 is 1.95 bits per heavy atom. The Labute approximate surface area is 129 Å². The molecule has 0 saturated heterocycles. The molecule has 0 saturated carbocycles. The average molecular weight is 302 g/mol. The van der Waals surface area contributed by atoms with Gasteiger partial charge in [0.25, 0.3) is 5.70 Å². The normalized spacial score (nSPS) is 10.8. The first kappa shape index (κ1) is 17.2. The zero-order chi connectivity index (χ0) is 16.5. The Bertz CT molecular complexity index is 598. The number of hydrogen-bond acceptors (Lipinski definition) is 4. The maximum absolute atomic E-state index is 11.5. The number of esters is 1. The summed E-state index contributed by atoms with van der Waals surface area (Å²) in [6, 6.07) is 6.65. The molecule has 0 fully saturated rings. The van der Waals surface area contributed by atoms with Gasteiger partial charge >= 0.3 is 12.1 Å². The standard InChI is InChI=1S/C16H18N2O4/c1-11(2)10-22-16(20)18-13-7-5-12(6-8-13)9-14(17-3)15(19)21-4/h5-9,11H,10H2,1-2,4H3,(H,18,20)/b14-9-. The van der Waals surface area contributed by atoms with Crippen molar-refractivity contribution in [3.05, 3.63) is 46.9 Å². The highest BCUT2D eigenvalue weighted by Crippen LogP contribution is 2.14. The third-order valence-electron chi connectivity index (χ3n) is 2.52. The van der Waals surface area contributed by atoms with Crippen LogP contribution >= 0.6 is 0 Å². The van der Waals surface area contributed by atoms with Crippen LogP contribution in [-0.2, 0) is 14.3 Å². The van der Waals surface area contributed by atoms with Gasteiger partial charge in [0, 0.05) is 5.69 Å². The van der Waals surface area contributed by atoms with Crippen LogP contribution in [0.5, 0.6) is 0 Å². The molecule has 0 atom stereocenters. The van der Waals surface area contributed by atoms with E-state index >= 15 is 0 Å². The highest BCUT2D eigenvalue weighted by Gasteiger charge is 2.09. The van der Waals surface area contributed by atoms with Crippen molar-refractivity contribution in [3.63, 3.8) is 0 Å². The molecule has 0 aliphatic heterocycles. The van der Waals surface area contributed by atoms with Crippen LogP contribution in [0, 0.1) is 12.5 Å². The summed E-state index contributed by atoms with van der Waals surface area (Å²) in [6.45, 7) is 11.2. The van der Waals surface area contributed by atoms with Gasteiger partial charge < -0.3 is 9.47 Å². The molecule has 6 nitrogen and oxygen atoms in total. The predicted octanol–water partition coefficient (Wildman–Crippen LogP) is 3.32. The van der Waals surface area contributed by atoms with Crippen molar-refractivity contribution in [3.8, 4) is 0 Å². The van der Waals surface area contributed by atoms with Crippen LogP contribution in [-0.4, -0.2) is 25.8 Å². The number of carbonyl (C=O) groups is 2. The molecule has 22 heavy (non-hydrogen) atoms. The second kappa shape index (κ2) is 8.47. The van der Waals surface area contributed by atoms with E-state index in [9.17, 15) is 9.59 Å². The van der Waals surface area contributed by atoms with Crippen LogP contribution in [0.1, 0.15) is 19.4 Å². The summed E-state index contributed by atoms with van der Waals surface area (Å²) in [6.07, 6.45) is 0.896. The molecule has 1 rings (SSSR count). The molecule has 1 amide bonds. The summed E-state index contributed by atoms with van der Waals surface area (Å²) in [4.78, 5) is 25.9. The van der Waals surface area contributed by atoms with Crippen LogP contribution in [0.2, 0.25) is 0 Å². The molecule has 1 aromatic carbocycles. The van der Waals surface area contributed by atoms with Crippen molar-refractivity contribution in [2.45, 2.75) is 13.8 Å². The van der Waals surface area contributed by atoms with Crippen molar-refractivity contribution in [2.24, 2.45) is 5.92 Å². The van der Waals surface area contributed by atoms with E-state index in [-0.39, 0.29) is 11.6 Å². The number of hydrogen-bond donors (Lipinski definition) is 1. The quantitative estimate of drug-likeness (QED) is 0.514. The Kier molecular flexibility index (Phi) is 6.64. The lowest BCUT2D eigenvalue weighted by atomic mass is 10.2. The Hall–Kier alpha value is -2.81. The fourth-order valence-corrected chi connectivity index (χ4v) is 1.46. The van der Waals surface area contributed by atoms with E-state index in [1.165, 1.54) is 13.2 Å². The van der Waals surface area contributed by atoms with Crippen LogP contribution in [0.3, 0.4) is 0 Å². The van der Waals surface area contributed by atoms with Gasteiger partial charge in [-0.05, 0) is 29.7 Å². The Balaban J connectivity index is 2.71. The number of amides is 1. The molecule has 1 aromatic rings. The molecule has 0 bridgehead atoms. The molecule has 0 heterocycles. The van der Waals surface area contributed by atoms with Gasteiger partial charge in [-0.3, -0.25) is 10.1 Å². The van der Waals surface area contributed by atoms with E-state index < -0.39 is 12.1 Å². The summed E-state index contributed by atoms with van der Waals surface area (Å²) in [5.41, 5.74) is 1.10. The minimum atomic E-state index is -0.686. The van der Waals surface area contributed by atoms with E-state index in [1.807, 2.05) is 13.8 Å². The van der Waals surface area contributed by atoms with Crippen LogP contribution in [0.25, 0.3) is 10.9 Å². The second-order valence-electron chi connectivity index (χ2n) is 4.87. The fourth-order valence-electron chi connectivity index (χ4n) is 1.46. The van der Waals surface area contributed by atoms with Crippen LogP contribution in [0.15, 0.2) is 30.0 Å². The lowest BCUT2D eigenvalue weighted by Gasteiger charge is -2.08. The van der Waals surface area contributed by atoms with Crippen molar-refractivity contribution in [1.29, 1.82) is 0 Å². The van der Waals surface area contributed by atoms with Crippen LogP contribution in [0.4, 0.5) is 10.5 Å². The number of rotatable bonds is 5. The lowest BCUT2D eigenvalue weighted by molar-refractivity contribution is -0.135. The number of ether oxygens (including phenoxy) is 2. The Morgan fingerprint density at radius 3 is 2.45 bits per heavy atom. The zero-order valence-electron chi connectivity index (χ0n) is 12.8. The maximum atomic E-state index is 11.5. The van der Waals surface area contributed by atoms with Crippen molar-refractivity contribution < 1.29 is 19.1 Å². The Morgan fingerprint density at radius 1 is 1.32 bits per heavy atom. The molecule has 0 aromatic heterocycles. The fraction of sp³-hybridized carbons (Fsp3) is 0.312. The van der Waals surface area contributed by atoms with E-state index in [1.54, 1.807) is 24.3 Å².